The van der Waals surface area contributed by atoms with Gasteiger partial charge in [-0.15, -0.1) is 0 Å². The van der Waals surface area contributed by atoms with Gasteiger partial charge in [-0.05, 0) is 73.2 Å². The Kier molecular flexibility index (Phi) is 4.92. The van der Waals surface area contributed by atoms with E-state index in [0.717, 1.165) is 28.8 Å². The number of hydrogen-bond donors (Lipinski definition) is 2. The molecular weight excluding hydrogens is 440 g/mol. The fourth-order valence-corrected chi connectivity index (χ4v) is 5.56. The van der Waals surface area contributed by atoms with Crippen molar-refractivity contribution < 1.29 is 9.53 Å². The van der Waals surface area contributed by atoms with E-state index in [1.165, 1.54) is 11.1 Å². The van der Waals surface area contributed by atoms with Crippen LogP contribution in [0.3, 0.4) is 0 Å². The summed E-state index contributed by atoms with van der Waals surface area (Å²) >= 11 is 9.91. The Labute approximate surface area is 178 Å². The molecule has 28 heavy (non-hydrogen) atoms. The number of allylic oxidation sites excluding steroid dienone is 1. The van der Waals surface area contributed by atoms with Gasteiger partial charge >= 0.3 is 0 Å². The molecule has 1 spiro atoms. The number of primary amides is 1. The lowest BCUT2D eigenvalue weighted by atomic mass is 9.65. The fraction of sp³-hybridized carbons (Fsp3) is 0.318. The number of amides is 1. The zero-order valence-corrected chi connectivity index (χ0v) is 17.9. The highest BCUT2D eigenvalue weighted by atomic mass is 79.9. The first kappa shape index (κ1) is 19.3. The number of hydrogen-bond acceptors (Lipinski definition) is 3. The first-order valence-electron chi connectivity index (χ1n) is 9.28. The van der Waals surface area contributed by atoms with Crippen LogP contribution in [-0.2, 0) is 10.2 Å². The lowest BCUT2D eigenvalue weighted by Gasteiger charge is -2.45. The summed E-state index contributed by atoms with van der Waals surface area (Å²) < 4.78 is 6.52. The molecule has 0 heterocycles. The molecular formula is C22H22BrClN2O2. The zero-order valence-electron chi connectivity index (χ0n) is 15.6. The predicted molar refractivity (Wildman–Crippen MR) is 117 cm³/mol. The van der Waals surface area contributed by atoms with Gasteiger partial charge in [0.1, 0.15) is 11.3 Å². The van der Waals surface area contributed by atoms with Gasteiger partial charge in [0.05, 0.1) is 7.11 Å². The highest BCUT2D eigenvalue weighted by molar-refractivity contribution is 9.11. The van der Waals surface area contributed by atoms with E-state index in [4.69, 9.17) is 22.1 Å². The molecule has 2 aromatic carbocycles. The summed E-state index contributed by atoms with van der Waals surface area (Å²) in [5.41, 5.74) is 8.23. The quantitative estimate of drug-likeness (QED) is 0.654. The van der Waals surface area contributed by atoms with Gasteiger partial charge in [0.25, 0.3) is 0 Å². The molecule has 3 N–H and O–H groups in total. The Morgan fingerprint density at radius 1 is 1.18 bits per heavy atom. The third-order valence-corrected chi connectivity index (χ3v) is 7.37. The maximum Gasteiger partial charge on any atom is 0.243 e. The van der Waals surface area contributed by atoms with Crippen LogP contribution in [0.15, 0.2) is 46.9 Å². The molecule has 4 rings (SSSR count). The first-order valence-corrected chi connectivity index (χ1v) is 10.5. The van der Waals surface area contributed by atoms with Crippen LogP contribution in [0.4, 0.5) is 5.69 Å². The summed E-state index contributed by atoms with van der Waals surface area (Å²) in [6.07, 6.45) is 5.09. The maximum absolute atomic E-state index is 12.5. The number of nitrogens with two attached hydrogens (primary N) is 1. The normalized spacial score (nSPS) is 25.9. The van der Waals surface area contributed by atoms with Crippen LogP contribution in [0.1, 0.15) is 36.8 Å². The fourth-order valence-electron chi connectivity index (χ4n) is 4.51. The minimum absolute atomic E-state index is 0.115. The molecule has 146 valence electrons. The van der Waals surface area contributed by atoms with Gasteiger partial charge in [0.2, 0.25) is 5.91 Å². The minimum Gasteiger partial charge on any atom is -0.497 e. The van der Waals surface area contributed by atoms with Gasteiger partial charge in [-0.1, -0.05) is 39.7 Å². The van der Waals surface area contributed by atoms with E-state index in [1.54, 1.807) is 7.11 Å². The Morgan fingerprint density at radius 3 is 2.57 bits per heavy atom. The minimum atomic E-state index is -0.779. The number of halogens is 2. The molecule has 1 saturated carbocycles. The van der Waals surface area contributed by atoms with E-state index in [1.807, 2.05) is 30.3 Å². The van der Waals surface area contributed by atoms with Crippen molar-refractivity contribution in [3.05, 3.63) is 63.1 Å². The third kappa shape index (κ3) is 3.11. The van der Waals surface area contributed by atoms with Crippen molar-refractivity contribution in [1.82, 2.24) is 0 Å². The van der Waals surface area contributed by atoms with Crippen LogP contribution in [0.25, 0.3) is 6.08 Å². The summed E-state index contributed by atoms with van der Waals surface area (Å²) in [6, 6.07) is 13.6. The van der Waals surface area contributed by atoms with Gasteiger partial charge in [-0.2, -0.15) is 0 Å². The highest BCUT2D eigenvalue weighted by Gasteiger charge is 2.50. The van der Waals surface area contributed by atoms with Crippen LogP contribution in [0, 0.1) is 0 Å². The Hall–Kier alpha value is -1.98. The molecule has 1 fully saturated rings. The third-order valence-electron chi connectivity index (χ3n) is 6.15. The van der Waals surface area contributed by atoms with Crippen molar-refractivity contribution >= 4 is 45.2 Å². The Bertz CT molecular complexity index is 965. The molecule has 0 atom stereocenters. The number of benzene rings is 2. The van der Waals surface area contributed by atoms with Crippen molar-refractivity contribution in [1.29, 1.82) is 0 Å². The molecule has 2 aromatic rings. The van der Waals surface area contributed by atoms with E-state index in [-0.39, 0.29) is 11.3 Å². The first-order chi connectivity index (χ1) is 13.4. The summed E-state index contributed by atoms with van der Waals surface area (Å²) in [6.45, 7) is 0. The molecule has 6 heteroatoms. The summed E-state index contributed by atoms with van der Waals surface area (Å²) in [5, 5.41) is 4.01. The van der Waals surface area contributed by atoms with Crippen LogP contribution >= 0.6 is 27.5 Å². The van der Waals surface area contributed by atoms with Gasteiger partial charge in [0, 0.05) is 20.6 Å². The Morgan fingerprint density at radius 2 is 1.93 bits per heavy atom. The van der Waals surface area contributed by atoms with Crippen molar-refractivity contribution in [3.8, 4) is 5.75 Å². The van der Waals surface area contributed by atoms with Crippen LogP contribution in [0.2, 0.25) is 5.02 Å². The second-order valence-corrected chi connectivity index (χ2v) is 8.90. The van der Waals surface area contributed by atoms with Gasteiger partial charge in [0.15, 0.2) is 0 Å². The van der Waals surface area contributed by atoms with Gasteiger partial charge < -0.3 is 15.8 Å². The number of carbonyl (C=O) groups is 1. The van der Waals surface area contributed by atoms with E-state index in [9.17, 15) is 4.79 Å². The number of methoxy groups -OCH3 is 1. The topological polar surface area (TPSA) is 64.3 Å². The van der Waals surface area contributed by atoms with Crippen LogP contribution in [-0.4, -0.2) is 18.6 Å². The smallest absolute Gasteiger partial charge is 0.243 e. The summed E-state index contributed by atoms with van der Waals surface area (Å²) in [5.74, 6) is 0.521. The molecule has 2 aliphatic rings. The van der Waals surface area contributed by atoms with Crippen molar-refractivity contribution in [2.24, 2.45) is 5.73 Å². The van der Waals surface area contributed by atoms with E-state index in [2.05, 4.69) is 39.5 Å². The molecule has 0 saturated heterocycles. The Balaban J connectivity index is 1.63. The van der Waals surface area contributed by atoms with Crippen molar-refractivity contribution in [2.45, 2.75) is 36.6 Å². The molecule has 1 amide bonds. The second kappa shape index (κ2) is 7.12. The predicted octanol–water partition coefficient (Wildman–Crippen LogP) is 5.25. The maximum atomic E-state index is 12.5. The number of carbonyl (C=O) groups excluding carboxylic acids is 1. The molecule has 0 unspecified atom stereocenters. The van der Waals surface area contributed by atoms with E-state index in [0.29, 0.717) is 17.9 Å². The summed E-state index contributed by atoms with van der Waals surface area (Å²) in [7, 11) is 1.68. The van der Waals surface area contributed by atoms with Crippen LogP contribution in [0.5, 0.6) is 5.75 Å². The molecule has 4 nitrogen and oxygen atoms in total. The van der Waals surface area contributed by atoms with E-state index >= 15 is 0 Å². The molecule has 0 radical (unpaired) electrons. The number of rotatable bonds is 4. The number of fused-ring (bicyclic) bond motifs is 2. The number of nitrogens with one attached hydrogen (secondary N) is 1. The standard InChI is InChI=1S/C22H22BrClN2O2/c1-28-17-5-6-18-14(11-17)12-19(23)21(18)7-9-22(10-8-21,20(25)27)26-16-4-2-3-15(24)13-16/h2-6,11-13,26H,7-10H2,1H3,(H2,25,27). The van der Waals surface area contributed by atoms with Crippen LogP contribution < -0.4 is 15.8 Å². The zero-order chi connectivity index (χ0) is 19.9. The lowest BCUT2D eigenvalue weighted by molar-refractivity contribution is -0.123. The van der Waals surface area contributed by atoms with Gasteiger partial charge in [-0.3, -0.25) is 4.79 Å². The van der Waals surface area contributed by atoms with Gasteiger partial charge in [-0.25, -0.2) is 0 Å². The SMILES string of the molecule is COc1ccc2c(c1)C=C(Br)C21CCC(Nc2cccc(Cl)c2)(C(N)=O)CC1. The molecule has 0 aromatic heterocycles. The molecule has 2 aliphatic carbocycles. The van der Waals surface area contributed by atoms with Crippen molar-refractivity contribution in [2.75, 3.05) is 12.4 Å². The lowest BCUT2D eigenvalue weighted by Crippen LogP contribution is -2.54. The largest absolute Gasteiger partial charge is 0.497 e. The van der Waals surface area contributed by atoms with E-state index < -0.39 is 5.54 Å². The average molecular weight is 462 g/mol. The summed E-state index contributed by atoms with van der Waals surface area (Å²) in [4.78, 5) is 12.5. The van der Waals surface area contributed by atoms with Crippen molar-refractivity contribution in [3.63, 3.8) is 0 Å². The molecule has 0 aliphatic heterocycles. The number of ether oxygens (including phenoxy) is 1. The molecule has 0 bridgehead atoms. The monoisotopic (exact) mass is 460 g/mol. The second-order valence-electron chi connectivity index (χ2n) is 7.61. The number of anilines is 1. The highest BCUT2D eigenvalue weighted by Crippen LogP contribution is 2.55. The average Bonchev–Trinajstić information content (AvgIpc) is 2.94.